The summed E-state index contributed by atoms with van der Waals surface area (Å²) in [5, 5.41) is 6.85. The summed E-state index contributed by atoms with van der Waals surface area (Å²) < 4.78 is 1.89. The Bertz CT molecular complexity index is 1070. The van der Waals surface area contributed by atoms with Gasteiger partial charge in [0.25, 0.3) is 11.8 Å². The van der Waals surface area contributed by atoms with Gasteiger partial charge in [-0.05, 0) is 44.7 Å². The third-order valence-electron chi connectivity index (χ3n) is 5.41. The third-order valence-corrected chi connectivity index (χ3v) is 5.41. The molecule has 0 fully saturated rings. The lowest BCUT2D eigenvalue weighted by Gasteiger charge is -2.17. The molecule has 0 saturated carbocycles. The fraction of sp³-hybridized carbons (Fsp3) is 0.364. The molecule has 1 aliphatic rings. The Kier molecular flexibility index (Phi) is 5.29. The van der Waals surface area contributed by atoms with Crippen molar-refractivity contribution in [3.05, 3.63) is 53.7 Å². The summed E-state index contributed by atoms with van der Waals surface area (Å²) in [4.78, 5) is 34.7. The summed E-state index contributed by atoms with van der Waals surface area (Å²) in [7, 11) is 0. The van der Waals surface area contributed by atoms with Crippen LogP contribution in [0.25, 0.3) is 10.9 Å². The lowest BCUT2D eigenvalue weighted by molar-refractivity contribution is 0.0933. The number of carbonyl (C=O) groups excluding carboxylic acids is 2. The van der Waals surface area contributed by atoms with Gasteiger partial charge < -0.3 is 15.2 Å². The van der Waals surface area contributed by atoms with Gasteiger partial charge in [-0.3, -0.25) is 14.6 Å². The molecule has 1 aliphatic heterocycles. The number of rotatable bonds is 5. The lowest BCUT2D eigenvalue weighted by atomic mass is 10.1. The Morgan fingerprint density at radius 1 is 1.17 bits per heavy atom. The van der Waals surface area contributed by atoms with Gasteiger partial charge >= 0.3 is 0 Å². The molecule has 1 atom stereocenters. The number of anilines is 1. The van der Waals surface area contributed by atoms with Gasteiger partial charge in [0.1, 0.15) is 5.69 Å². The normalized spacial score (nSPS) is 14.3. The van der Waals surface area contributed by atoms with Crippen molar-refractivity contribution in [3.63, 3.8) is 0 Å². The summed E-state index contributed by atoms with van der Waals surface area (Å²) in [6.45, 7) is 4.67. The number of imidazole rings is 1. The largest absolute Gasteiger partial charge is 0.348 e. The Hall–Kier alpha value is -3.22. The number of aromatic nitrogens is 3. The molecule has 7 heteroatoms. The maximum Gasteiger partial charge on any atom is 0.291 e. The molecule has 29 heavy (non-hydrogen) atoms. The standard InChI is InChI=1S/C22H25N5O2/c1-3-14(2)24-21(28)19-17-11-4-5-13-27(17)20(26-19)22(29)25-16-10-6-8-15-9-7-12-23-18(15)16/h6-10,12,14H,3-5,11,13H2,1-2H3,(H,24,28)(H,25,29). The Balaban J connectivity index is 1.67. The van der Waals surface area contributed by atoms with E-state index in [1.165, 1.54) is 0 Å². The van der Waals surface area contributed by atoms with E-state index in [-0.39, 0.29) is 23.7 Å². The van der Waals surface area contributed by atoms with Crippen molar-refractivity contribution in [1.82, 2.24) is 19.9 Å². The number of hydrogen-bond donors (Lipinski definition) is 2. The van der Waals surface area contributed by atoms with Crippen LogP contribution < -0.4 is 10.6 Å². The second-order valence-corrected chi connectivity index (χ2v) is 7.46. The Morgan fingerprint density at radius 2 is 2.00 bits per heavy atom. The summed E-state index contributed by atoms with van der Waals surface area (Å²) >= 11 is 0. The van der Waals surface area contributed by atoms with Gasteiger partial charge in [0.15, 0.2) is 5.82 Å². The fourth-order valence-corrected chi connectivity index (χ4v) is 3.68. The van der Waals surface area contributed by atoms with Crippen LogP contribution in [-0.2, 0) is 13.0 Å². The van der Waals surface area contributed by atoms with Crippen LogP contribution in [0.3, 0.4) is 0 Å². The highest BCUT2D eigenvalue weighted by molar-refractivity contribution is 6.07. The molecule has 1 unspecified atom stereocenters. The number of benzene rings is 1. The number of amides is 2. The molecule has 3 aromatic rings. The molecule has 4 rings (SSSR count). The molecule has 0 saturated heterocycles. The first-order chi connectivity index (χ1) is 14.1. The van der Waals surface area contributed by atoms with Crippen LogP contribution in [0.2, 0.25) is 0 Å². The van der Waals surface area contributed by atoms with E-state index in [4.69, 9.17) is 0 Å². The van der Waals surface area contributed by atoms with Crippen LogP contribution in [0.15, 0.2) is 36.5 Å². The van der Waals surface area contributed by atoms with Crippen molar-refractivity contribution in [1.29, 1.82) is 0 Å². The highest BCUT2D eigenvalue weighted by Crippen LogP contribution is 2.24. The van der Waals surface area contributed by atoms with Crippen molar-refractivity contribution in [2.45, 2.75) is 52.1 Å². The quantitative estimate of drug-likeness (QED) is 0.696. The van der Waals surface area contributed by atoms with E-state index in [1.807, 2.05) is 48.7 Å². The van der Waals surface area contributed by atoms with Crippen LogP contribution >= 0.6 is 0 Å². The zero-order valence-corrected chi connectivity index (χ0v) is 16.7. The van der Waals surface area contributed by atoms with E-state index in [2.05, 4.69) is 20.6 Å². The summed E-state index contributed by atoms with van der Waals surface area (Å²) in [5.41, 5.74) is 2.57. The van der Waals surface area contributed by atoms with Crippen LogP contribution in [0, 0.1) is 0 Å². The number of nitrogens with zero attached hydrogens (tertiary/aromatic N) is 3. The van der Waals surface area contributed by atoms with Crippen molar-refractivity contribution >= 4 is 28.4 Å². The zero-order chi connectivity index (χ0) is 20.4. The molecule has 7 nitrogen and oxygen atoms in total. The molecule has 0 aliphatic carbocycles. The van der Waals surface area contributed by atoms with Crippen LogP contribution in [0.4, 0.5) is 5.69 Å². The predicted octanol–water partition coefficient (Wildman–Crippen LogP) is 3.55. The molecule has 0 radical (unpaired) electrons. The van der Waals surface area contributed by atoms with Crippen molar-refractivity contribution < 1.29 is 9.59 Å². The van der Waals surface area contributed by atoms with E-state index >= 15 is 0 Å². The van der Waals surface area contributed by atoms with E-state index in [0.29, 0.717) is 17.9 Å². The van der Waals surface area contributed by atoms with E-state index in [1.54, 1.807) is 6.20 Å². The highest BCUT2D eigenvalue weighted by Gasteiger charge is 2.28. The monoisotopic (exact) mass is 391 g/mol. The smallest absolute Gasteiger partial charge is 0.291 e. The van der Waals surface area contributed by atoms with Crippen LogP contribution in [0.1, 0.15) is 59.9 Å². The third kappa shape index (κ3) is 3.72. The first-order valence-electron chi connectivity index (χ1n) is 10.1. The van der Waals surface area contributed by atoms with Crippen molar-refractivity contribution in [3.8, 4) is 0 Å². The first-order valence-corrected chi connectivity index (χ1v) is 10.1. The number of para-hydroxylation sites is 1. The first kappa shape index (κ1) is 19.1. The topological polar surface area (TPSA) is 88.9 Å². The van der Waals surface area contributed by atoms with Crippen LogP contribution in [0.5, 0.6) is 0 Å². The van der Waals surface area contributed by atoms with Gasteiger partial charge in [0.2, 0.25) is 0 Å². The number of fused-ring (bicyclic) bond motifs is 2. The molecule has 0 spiro atoms. The predicted molar refractivity (Wildman–Crippen MR) is 112 cm³/mol. The van der Waals surface area contributed by atoms with E-state index in [0.717, 1.165) is 42.3 Å². The van der Waals surface area contributed by atoms with Gasteiger partial charge in [-0.15, -0.1) is 0 Å². The minimum atomic E-state index is -0.325. The maximum atomic E-state index is 13.1. The van der Waals surface area contributed by atoms with Crippen molar-refractivity contribution in [2.24, 2.45) is 0 Å². The highest BCUT2D eigenvalue weighted by atomic mass is 16.2. The molecule has 2 amide bonds. The second-order valence-electron chi connectivity index (χ2n) is 7.46. The molecule has 3 heterocycles. The molecule has 150 valence electrons. The average molecular weight is 391 g/mol. The number of pyridine rings is 1. The number of hydrogen-bond acceptors (Lipinski definition) is 4. The average Bonchev–Trinajstić information content (AvgIpc) is 3.14. The van der Waals surface area contributed by atoms with E-state index < -0.39 is 0 Å². The second kappa shape index (κ2) is 8.03. The number of carbonyl (C=O) groups is 2. The summed E-state index contributed by atoms with van der Waals surface area (Å²) in [6, 6.07) is 9.53. The Labute approximate surface area is 169 Å². The molecular formula is C22H25N5O2. The van der Waals surface area contributed by atoms with Gasteiger partial charge in [0.05, 0.1) is 16.9 Å². The zero-order valence-electron chi connectivity index (χ0n) is 16.7. The minimum absolute atomic E-state index is 0.0578. The van der Waals surface area contributed by atoms with Gasteiger partial charge in [-0.2, -0.15) is 0 Å². The lowest BCUT2D eigenvalue weighted by Crippen LogP contribution is -2.33. The van der Waals surface area contributed by atoms with Crippen LogP contribution in [-0.4, -0.2) is 32.4 Å². The molecule has 2 N–H and O–H groups in total. The number of nitrogens with one attached hydrogen (secondary N) is 2. The molecule has 0 bridgehead atoms. The van der Waals surface area contributed by atoms with Crippen molar-refractivity contribution in [2.75, 3.05) is 5.32 Å². The SMILES string of the molecule is CCC(C)NC(=O)c1nc(C(=O)Nc2cccc3cccnc23)n2c1CCCC2. The van der Waals surface area contributed by atoms with E-state index in [9.17, 15) is 9.59 Å². The minimum Gasteiger partial charge on any atom is -0.348 e. The summed E-state index contributed by atoms with van der Waals surface area (Å²) in [6.07, 6.45) is 5.24. The Morgan fingerprint density at radius 3 is 2.83 bits per heavy atom. The maximum absolute atomic E-state index is 13.1. The van der Waals surface area contributed by atoms with Gasteiger partial charge in [-0.25, -0.2) is 4.98 Å². The van der Waals surface area contributed by atoms with Gasteiger partial charge in [-0.1, -0.05) is 25.1 Å². The summed E-state index contributed by atoms with van der Waals surface area (Å²) in [5.74, 6) is -0.258. The molecular weight excluding hydrogens is 366 g/mol. The molecule has 1 aromatic carbocycles. The molecule has 2 aromatic heterocycles. The fourth-order valence-electron chi connectivity index (χ4n) is 3.68. The van der Waals surface area contributed by atoms with Gasteiger partial charge in [0, 0.05) is 24.2 Å².